The minimum atomic E-state index is 0.821. The predicted octanol–water partition coefficient (Wildman–Crippen LogP) is 2.46. The molecule has 0 bridgehead atoms. The normalized spacial score (nSPS) is 18.2. The van der Waals surface area contributed by atoms with E-state index in [0.29, 0.717) is 0 Å². The number of aryl methyl sites for hydroxylation is 1. The molecule has 0 unspecified atom stereocenters. The van der Waals surface area contributed by atoms with Gasteiger partial charge in [-0.05, 0) is 45.2 Å². The molecule has 0 aromatic carbocycles. The Morgan fingerprint density at radius 2 is 2.33 bits per heavy atom. The summed E-state index contributed by atoms with van der Waals surface area (Å²) in [6, 6.07) is 0. The summed E-state index contributed by atoms with van der Waals surface area (Å²) in [5.41, 5.74) is 0.972. The molecule has 15 heavy (non-hydrogen) atoms. The summed E-state index contributed by atoms with van der Waals surface area (Å²) in [5, 5.41) is 4.21. The molecule has 0 radical (unpaired) electrons. The van der Waals surface area contributed by atoms with Gasteiger partial charge in [0, 0.05) is 5.75 Å². The van der Waals surface area contributed by atoms with E-state index in [1.54, 1.807) is 18.0 Å². The summed E-state index contributed by atoms with van der Waals surface area (Å²) in [5.74, 6) is 2.03. The van der Waals surface area contributed by atoms with Crippen LogP contribution >= 0.6 is 11.8 Å². The van der Waals surface area contributed by atoms with Gasteiger partial charge in [-0.15, -0.1) is 0 Å². The molecule has 2 rings (SSSR count). The van der Waals surface area contributed by atoms with Crippen molar-refractivity contribution in [3.05, 3.63) is 12.0 Å². The van der Waals surface area contributed by atoms with Gasteiger partial charge in [0.1, 0.15) is 6.26 Å². The molecule has 3 nitrogen and oxygen atoms in total. The van der Waals surface area contributed by atoms with Gasteiger partial charge in [0.15, 0.2) is 0 Å². The Labute approximate surface area is 95.0 Å². The highest BCUT2D eigenvalue weighted by atomic mass is 32.2. The van der Waals surface area contributed by atoms with Crippen molar-refractivity contribution in [1.82, 2.24) is 10.3 Å². The van der Waals surface area contributed by atoms with Crippen molar-refractivity contribution in [2.45, 2.75) is 31.4 Å². The van der Waals surface area contributed by atoms with Crippen molar-refractivity contribution in [3.63, 3.8) is 0 Å². The molecule has 1 saturated heterocycles. The summed E-state index contributed by atoms with van der Waals surface area (Å²) in [6.45, 7) is 4.33. The van der Waals surface area contributed by atoms with Crippen LogP contribution in [0.4, 0.5) is 0 Å². The number of hydrogen-bond acceptors (Lipinski definition) is 4. The molecule has 0 aliphatic carbocycles. The second-order valence-electron chi connectivity index (χ2n) is 4.09. The first-order valence-electron chi connectivity index (χ1n) is 5.60. The van der Waals surface area contributed by atoms with Crippen molar-refractivity contribution in [2.75, 3.05) is 18.8 Å². The Morgan fingerprint density at radius 1 is 1.53 bits per heavy atom. The number of rotatable bonds is 4. The van der Waals surface area contributed by atoms with Gasteiger partial charge in [0.25, 0.3) is 5.22 Å². The van der Waals surface area contributed by atoms with Crippen LogP contribution in [0.15, 0.2) is 15.9 Å². The molecule has 0 spiro atoms. The molecule has 1 fully saturated rings. The van der Waals surface area contributed by atoms with Crippen LogP contribution in [0.1, 0.15) is 25.0 Å². The summed E-state index contributed by atoms with van der Waals surface area (Å²) >= 11 is 1.74. The van der Waals surface area contributed by atoms with Crippen LogP contribution < -0.4 is 5.32 Å². The molecule has 0 atom stereocenters. The molecule has 84 valence electrons. The van der Waals surface area contributed by atoms with Crippen molar-refractivity contribution in [3.8, 4) is 0 Å². The van der Waals surface area contributed by atoms with E-state index in [-0.39, 0.29) is 0 Å². The monoisotopic (exact) mass is 226 g/mol. The summed E-state index contributed by atoms with van der Waals surface area (Å²) in [7, 11) is 0. The highest BCUT2D eigenvalue weighted by Crippen LogP contribution is 2.23. The van der Waals surface area contributed by atoms with Crippen molar-refractivity contribution >= 4 is 11.8 Å². The predicted molar refractivity (Wildman–Crippen MR) is 62.2 cm³/mol. The van der Waals surface area contributed by atoms with Crippen LogP contribution in [0.25, 0.3) is 0 Å². The Morgan fingerprint density at radius 3 is 3.00 bits per heavy atom. The molecule has 0 amide bonds. The van der Waals surface area contributed by atoms with Gasteiger partial charge in [-0.25, -0.2) is 4.98 Å². The Kier molecular flexibility index (Phi) is 4.09. The number of nitrogens with one attached hydrogen (secondary N) is 1. The SMILES string of the molecule is Cc1coc(SCCC2CCNCC2)n1. The quantitative estimate of drug-likeness (QED) is 0.800. The standard InChI is InChI=1S/C11H18N2OS/c1-9-8-14-11(13-9)15-7-4-10-2-5-12-6-3-10/h8,10,12H,2-7H2,1H3. The third-order valence-corrected chi connectivity index (χ3v) is 3.68. The Hall–Kier alpha value is -0.480. The number of aromatic nitrogens is 1. The molecule has 1 aliphatic heterocycles. The van der Waals surface area contributed by atoms with Crippen LogP contribution in [0, 0.1) is 12.8 Å². The van der Waals surface area contributed by atoms with E-state index in [0.717, 1.165) is 22.6 Å². The van der Waals surface area contributed by atoms with E-state index >= 15 is 0 Å². The zero-order chi connectivity index (χ0) is 10.5. The number of hydrogen-bond donors (Lipinski definition) is 1. The lowest BCUT2D eigenvalue weighted by atomic mass is 9.96. The molecular formula is C11H18N2OS. The summed E-state index contributed by atoms with van der Waals surface area (Å²) in [4.78, 5) is 4.28. The average molecular weight is 226 g/mol. The zero-order valence-electron chi connectivity index (χ0n) is 9.16. The topological polar surface area (TPSA) is 38.1 Å². The first-order chi connectivity index (χ1) is 7.34. The lowest BCUT2D eigenvalue weighted by molar-refractivity contribution is 0.367. The molecule has 4 heteroatoms. The van der Waals surface area contributed by atoms with Gasteiger partial charge in [-0.3, -0.25) is 0 Å². The van der Waals surface area contributed by atoms with E-state index in [1.807, 2.05) is 6.92 Å². The maximum Gasteiger partial charge on any atom is 0.255 e. The first-order valence-corrected chi connectivity index (χ1v) is 6.59. The van der Waals surface area contributed by atoms with Crippen molar-refractivity contribution in [1.29, 1.82) is 0 Å². The highest BCUT2D eigenvalue weighted by molar-refractivity contribution is 7.99. The lowest BCUT2D eigenvalue weighted by Gasteiger charge is -2.21. The molecule has 1 aliphatic rings. The summed E-state index contributed by atoms with van der Waals surface area (Å²) < 4.78 is 5.29. The van der Waals surface area contributed by atoms with Gasteiger partial charge in [0.2, 0.25) is 0 Å². The maximum atomic E-state index is 5.29. The van der Waals surface area contributed by atoms with E-state index in [2.05, 4.69) is 10.3 Å². The number of nitrogens with zero attached hydrogens (tertiary/aromatic N) is 1. The smallest absolute Gasteiger partial charge is 0.255 e. The minimum Gasteiger partial charge on any atom is -0.440 e. The van der Waals surface area contributed by atoms with Crippen LogP contribution in [0.5, 0.6) is 0 Å². The fourth-order valence-corrected chi connectivity index (χ4v) is 2.83. The van der Waals surface area contributed by atoms with Crippen LogP contribution in [0.2, 0.25) is 0 Å². The van der Waals surface area contributed by atoms with Gasteiger partial charge >= 0.3 is 0 Å². The van der Waals surface area contributed by atoms with Crippen LogP contribution in [-0.4, -0.2) is 23.8 Å². The lowest BCUT2D eigenvalue weighted by Crippen LogP contribution is -2.27. The van der Waals surface area contributed by atoms with E-state index in [9.17, 15) is 0 Å². The second kappa shape index (κ2) is 5.56. The third-order valence-electron chi connectivity index (χ3n) is 2.81. The number of oxazole rings is 1. The molecule has 1 aromatic rings. The van der Waals surface area contributed by atoms with Crippen molar-refractivity contribution in [2.24, 2.45) is 5.92 Å². The average Bonchev–Trinajstić information content (AvgIpc) is 2.66. The van der Waals surface area contributed by atoms with Crippen LogP contribution in [0.3, 0.4) is 0 Å². The minimum absolute atomic E-state index is 0.821. The maximum absolute atomic E-state index is 5.29. The number of piperidine rings is 1. The zero-order valence-corrected chi connectivity index (χ0v) is 9.98. The highest BCUT2D eigenvalue weighted by Gasteiger charge is 2.13. The van der Waals surface area contributed by atoms with Gasteiger partial charge in [0.05, 0.1) is 5.69 Å². The molecule has 0 saturated carbocycles. The molecule has 2 heterocycles. The molecular weight excluding hydrogens is 208 g/mol. The van der Waals surface area contributed by atoms with Crippen LogP contribution in [-0.2, 0) is 0 Å². The fourth-order valence-electron chi connectivity index (χ4n) is 1.88. The largest absolute Gasteiger partial charge is 0.440 e. The summed E-state index contributed by atoms with van der Waals surface area (Å²) in [6.07, 6.45) is 5.65. The van der Waals surface area contributed by atoms with E-state index in [4.69, 9.17) is 4.42 Å². The van der Waals surface area contributed by atoms with Gasteiger partial charge in [-0.2, -0.15) is 0 Å². The first kappa shape index (κ1) is 11.0. The van der Waals surface area contributed by atoms with E-state index in [1.165, 1.54) is 32.4 Å². The second-order valence-corrected chi connectivity index (χ2v) is 5.13. The Bertz CT molecular complexity index is 295. The van der Waals surface area contributed by atoms with E-state index < -0.39 is 0 Å². The molecule has 1 aromatic heterocycles. The fraction of sp³-hybridized carbons (Fsp3) is 0.727. The molecule has 1 N–H and O–H groups in total. The Balaban J connectivity index is 1.65. The van der Waals surface area contributed by atoms with Gasteiger partial charge < -0.3 is 9.73 Å². The number of thioether (sulfide) groups is 1. The van der Waals surface area contributed by atoms with Gasteiger partial charge in [-0.1, -0.05) is 11.8 Å². The third kappa shape index (κ3) is 3.54. The van der Waals surface area contributed by atoms with Crippen molar-refractivity contribution < 1.29 is 4.42 Å².